The lowest BCUT2D eigenvalue weighted by molar-refractivity contribution is 0.212. The predicted octanol–water partition coefficient (Wildman–Crippen LogP) is 4.42. The minimum Gasteiger partial charge on any atom is -0.474 e. The van der Waals surface area contributed by atoms with E-state index in [9.17, 15) is 8.42 Å². The largest absolute Gasteiger partial charge is 0.474 e. The Labute approximate surface area is 163 Å². The molecule has 0 fully saturated rings. The van der Waals surface area contributed by atoms with Gasteiger partial charge in [-0.3, -0.25) is 0 Å². The third kappa shape index (κ3) is 5.22. The molecule has 0 spiro atoms. The van der Waals surface area contributed by atoms with Crippen molar-refractivity contribution < 1.29 is 13.2 Å². The summed E-state index contributed by atoms with van der Waals surface area (Å²) >= 11 is 6.08. The van der Waals surface area contributed by atoms with Crippen LogP contribution in [0.15, 0.2) is 23.6 Å². The van der Waals surface area contributed by atoms with Gasteiger partial charge in [0.15, 0.2) is 0 Å². The van der Waals surface area contributed by atoms with Crippen molar-refractivity contribution in [2.24, 2.45) is 5.11 Å². The van der Waals surface area contributed by atoms with E-state index in [1.54, 1.807) is 25.4 Å². The molecule has 0 bridgehead atoms. The van der Waals surface area contributed by atoms with E-state index < -0.39 is 15.4 Å². The first-order valence-corrected chi connectivity index (χ1v) is 10.9. The summed E-state index contributed by atoms with van der Waals surface area (Å²) in [7, 11) is -3.07. The number of hydrogen-bond donors (Lipinski definition) is 0. The van der Waals surface area contributed by atoms with Crippen molar-refractivity contribution in [3.05, 3.63) is 39.6 Å². The van der Waals surface area contributed by atoms with Crippen molar-refractivity contribution in [1.82, 2.24) is 9.97 Å². The van der Waals surface area contributed by atoms with Crippen molar-refractivity contribution in [2.75, 3.05) is 12.0 Å². The first kappa shape index (κ1) is 21.2. The van der Waals surface area contributed by atoms with Crippen LogP contribution in [-0.2, 0) is 15.4 Å². The molecule has 0 aromatic carbocycles. The Kier molecular flexibility index (Phi) is 6.51. The third-order valence-electron chi connectivity index (χ3n) is 4.44. The van der Waals surface area contributed by atoms with Crippen molar-refractivity contribution in [3.8, 4) is 5.88 Å². The van der Waals surface area contributed by atoms with Crippen molar-refractivity contribution in [1.29, 1.82) is 0 Å². The van der Waals surface area contributed by atoms with Gasteiger partial charge in [0, 0.05) is 23.6 Å². The fraction of sp³-hybridized carbons (Fsp3) is 0.529. The van der Waals surface area contributed by atoms with Crippen LogP contribution in [0.4, 0.5) is 0 Å². The number of azide groups is 1. The molecule has 0 aliphatic heterocycles. The highest BCUT2D eigenvalue weighted by Crippen LogP contribution is 2.37. The maximum atomic E-state index is 11.4. The highest BCUT2D eigenvalue weighted by Gasteiger charge is 2.27. The number of halogens is 1. The fourth-order valence-electron chi connectivity index (χ4n) is 2.65. The van der Waals surface area contributed by atoms with E-state index in [-0.39, 0.29) is 11.9 Å². The van der Waals surface area contributed by atoms with Gasteiger partial charge in [0.25, 0.3) is 0 Å². The molecule has 2 aromatic heterocycles. The number of sulfone groups is 1. The lowest BCUT2D eigenvalue weighted by atomic mass is 9.88. The normalized spacial score (nSPS) is 15.0. The van der Waals surface area contributed by atoms with Gasteiger partial charge < -0.3 is 4.74 Å². The lowest BCUT2D eigenvalue weighted by Gasteiger charge is -2.25. The molecule has 0 saturated carbocycles. The maximum absolute atomic E-state index is 11.4. The van der Waals surface area contributed by atoms with E-state index in [1.807, 2.05) is 13.8 Å². The summed E-state index contributed by atoms with van der Waals surface area (Å²) in [6.45, 7) is 5.53. The SMILES string of the molecule is CCC(C)(N=[N+]=[N-])c1cnc(O[C@@H](C)CCS(C)(=O)=O)c2cnc(Cl)cc12. The average molecular weight is 412 g/mol. The van der Waals surface area contributed by atoms with Crippen molar-refractivity contribution >= 4 is 32.2 Å². The van der Waals surface area contributed by atoms with Crippen LogP contribution < -0.4 is 4.74 Å². The molecule has 146 valence electrons. The highest BCUT2D eigenvalue weighted by atomic mass is 35.5. The Bertz CT molecular complexity index is 991. The van der Waals surface area contributed by atoms with Crippen molar-refractivity contribution in [3.63, 3.8) is 0 Å². The second-order valence-electron chi connectivity index (χ2n) is 6.69. The Morgan fingerprint density at radius 3 is 2.67 bits per heavy atom. The molecule has 2 heterocycles. The quantitative estimate of drug-likeness (QED) is 0.275. The molecular formula is C17H22ClN5O3S. The summed E-state index contributed by atoms with van der Waals surface area (Å²) in [5.41, 5.74) is 8.87. The van der Waals surface area contributed by atoms with Crippen LogP contribution in [-0.4, -0.2) is 36.5 Å². The lowest BCUT2D eigenvalue weighted by Crippen LogP contribution is -2.20. The molecule has 0 amide bonds. The smallest absolute Gasteiger partial charge is 0.223 e. The van der Waals surface area contributed by atoms with Crippen LogP contribution in [0.25, 0.3) is 21.2 Å². The highest BCUT2D eigenvalue weighted by molar-refractivity contribution is 7.90. The molecule has 0 saturated heterocycles. The van der Waals surface area contributed by atoms with Gasteiger partial charge in [-0.1, -0.05) is 23.6 Å². The minimum atomic E-state index is -3.07. The van der Waals surface area contributed by atoms with E-state index in [0.29, 0.717) is 29.3 Å². The zero-order valence-electron chi connectivity index (χ0n) is 15.7. The third-order valence-corrected chi connectivity index (χ3v) is 5.63. The second kappa shape index (κ2) is 8.29. The standard InChI is InChI=1S/C17H22ClN5O3S/c1-5-17(3,22-23-19)14-10-21-16(13-9-20-15(18)8-12(13)14)26-11(2)6-7-27(4,24)25/h8-11H,5-7H2,1-4H3/t11-,17?/m0/s1. The van der Waals surface area contributed by atoms with Crippen LogP contribution >= 0.6 is 11.6 Å². The minimum absolute atomic E-state index is 0.0268. The summed E-state index contributed by atoms with van der Waals surface area (Å²) in [5.74, 6) is 0.359. The molecule has 1 unspecified atom stereocenters. The van der Waals surface area contributed by atoms with Crippen LogP contribution in [0.3, 0.4) is 0 Å². The molecule has 0 aliphatic carbocycles. The monoisotopic (exact) mass is 411 g/mol. The van der Waals surface area contributed by atoms with Crippen LogP contribution in [0.5, 0.6) is 5.88 Å². The topological polar surface area (TPSA) is 118 Å². The molecule has 0 N–H and O–H groups in total. The number of nitrogens with zero attached hydrogens (tertiary/aromatic N) is 5. The van der Waals surface area contributed by atoms with Gasteiger partial charge in [-0.25, -0.2) is 18.4 Å². The van der Waals surface area contributed by atoms with Gasteiger partial charge in [-0.05, 0) is 49.2 Å². The van der Waals surface area contributed by atoms with E-state index in [0.717, 1.165) is 10.9 Å². The van der Waals surface area contributed by atoms with E-state index in [2.05, 4.69) is 20.0 Å². The Balaban J connectivity index is 2.49. The zero-order chi connectivity index (χ0) is 20.2. The summed E-state index contributed by atoms with van der Waals surface area (Å²) in [5, 5.41) is 5.59. The Morgan fingerprint density at radius 2 is 2.07 bits per heavy atom. The number of ether oxygens (including phenoxy) is 1. The second-order valence-corrected chi connectivity index (χ2v) is 9.34. The first-order valence-electron chi connectivity index (χ1n) is 8.45. The molecule has 2 atom stereocenters. The van der Waals surface area contributed by atoms with Crippen LogP contribution in [0.2, 0.25) is 5.15 Å². The van der Waals surface area contributed by atoms with Gasteiger partial charge in [0.05, 0.1) is 22.8 Å². The number of rotatable bonds is 8. The molecule has 0 aliphatic rings. The average Bonchev–Trinajstić information content (AvgIpc) is 2.59. The van der Waals surface area contributed by atoms with Crippen LogP contribution in [0.1, 0.15) is 39.2 Å². The Hall–Kier alpha value is -2.09. The first-order chi connectivity index (χ1) is 12.6. The molecule has 8 nitrogen and oxygen atoms in total. The summed E-state index contributed by atoms with van der Waals surface area (Å²) in [6.07, 6.45) is 4.91. The number of hydrogen-bond acceptors (Lipinski definition) is 6. The number of aromatic nitrogens is 2. The number of fused-ring (bicyclic) bond motifs is 1. The molecule has 2 rings (SSSR count). The molecular weight excluding hydrogens is 390 g/mol. The van der Waals surface area contributed by atoms with Gasteiger partial charge in [0.2, 0.25) is 5.88 Å². The fourth-order valence-corrected chi connectivity index (χ4v) is 3.57. The van der Waals surface area contributed by atoms with Crippen molar-refractivity contribution in [2.45, 2.75) is 45.3 Å². The summed E-state index contributed by atoms with van der Waals surface area (Å²) in [4.78, 5) is 11.4. The van der Waals surface area contributed by atoms with Crippen LogP contribution in [0, 0.1) is 0 Å². The van der Waals surface area contributed by atoms with Gasteiger partial charge in [-0.15, -0.1) is 0 Å². The predicted molar refractivity (Wildman–Crippen MR) is 106 cm³/mol. The van der Waals surface area contributed by atoms with Gasteiger partial charge in [-0.2, -0.15) is 0 Å². The van der Waals surface area contributed by atoms with E-state index >= 15 is 0 Å². The van der Waals surface area contributed by atoms with E-state index in [4.69, 9.17) is 21.9 Å². The maximum Gasteiger partial charge on any atom is 0.223 e. The van der Waals surface area contributed by atoms with Gasteiger partial charge in [0.1, 0.15) is 15.0 Å². The zero-order valence-corrected chi connectivity index (χ0v) is 17.3. The molecule has 10 heteroatoms. The van der Waals surface area contributed by atoms with E-state index in [1.165, 1.54) is 6.26 Å². The van der Waals surface area contributed by atoms with Gasteiger partial charge >= 0.3 is 0 Å². The Morgan fingerprint density at radius 1 is 1.37 bits per heavy atom. The molecule has 0 radical (unpaired) electrons. The molecule has 27 heavy (non-hydrogen) atoms. The summed E-state index contributed by atoms with van der Waals surface area (Å²) < 4.78 is 28.6. The number of pyridine rings is 2. The molecule has 2 aromatic rings. The summed E-state index contributed by atoms with van der Waals surface area (Å²) in [6, 6.07) is 1.68.